The molecule has 0 saturated carbocycles. The summed E-state index contributed by atoms with van der Waals surface area (Å²) in [6, 6.07) is 20.3. The van der Waals surface area contributed by atoms with Crippen molar-refractivity contribution in [2.75, 3.05) is 26.4 Å². The maximum atomic E-state index is 12.4. The summed E-state index contributed by atoms with van der Waals surface area (Å²) in [5, 5.41) is 0. The lowest BCUT2D eigenvalue weighted by Crippen LogP contribution is -2.05. The smallest absolute Gasteiger partial charge is 0.336 e. The van der Waals surface area contributed by atoms with Crippen molar-refractivity contribution in [3.8, 4) is 17.2 Å². The highest BCUT2D eigenvalue weighted by molar-refractivity contribution is 5.89. The summed E-state index contributed by atoms with van der Waals surface area (Å²) in [5.41, 5.74) is 3.24. The van der Waals surface area contributed by atoms with Crippen LogP contribution in [0.5, 0.6) is 17.2 Å². The van der Waals surface area contributed by atoms with E-state index in [9.17, 15) is 14.4 Å². The maximum Gasteiger partial charge on any atom is 0.336 e. The van der Waals surface area contributed by atoms with Gasteiger partial charge in [0.1, 0.15) is 17.2 Å². The van der Waals surface area contributed by atoms with Crippen LogP contribution in [0, 0.1) is 6.92 Å². The monoisotopic (exact) mass is 625 g/mol. The molecule has 0 amide bonds. The Balaban J connectivity index is 1.39. The third kappa shape index (κ3) is 13.5. The number of esters is 3. The van der Waals surface area contributed by atoms with E-state index in [4.69, 9.17) is 23.7 Å². The van der Waals surface area contributed by atoms with Crippen molar-refractivity contribution in [1.82, 2.24) is 0 Å². The number of carbonyl (C=O) groups is 3. The fraction of sp³-hybridized carbons (Fsp3) is 0.243. The zero-order valence-electron chi connectivity index (χ0n) is 26.0. The molecule has 9 heteroatoms. The van der Waals surface area contributed by atoms with Crippen LogP contribution in [0.15, 0.2) is 103 Å². The first-order valence-electron chi connectivity index (χ1n) is 14.9. The lowest BCUT2D eigenvalue weighted by Gasteiger charge is -2.07. The van der Waals surface area contributed by atoms with Crippen LogP contribution in [-0.4, -0.2) is 50.6 Å². The zero-order valence-corrected chi connectivity index (χ0v) is 26.0. The van der Waals surface area contributed by atoms with Crippen LogP contribution in [-0.2, 0) is 23.9 Å². The van der Waals surface area contributed by atoms with E-state index in [1.54, 1.807) is 24.4 Å². The van der Waals surface area contributed by atoms with E-state index in [-0.39, 0.29) is 0 Å². The number of unbranched alkanes of at least 4 members (excludes halogenated alkanes) is 2. The Labute approximate surface area is 269 Å². The van der Waals surface area contributed by atoms with Crippen LogP contribution in [0.2, 0.25) is 0 Å². The summed E-state index contributed by atoms with van der Waals surface area (Å²) < 4.78 is 26.8. The first kappa shape index (κ1) is 35.0. The lowest BCUT2D eigenvalue weighted by molar-refractivity contribution is -0.138. The van der Waals surface area contributed by atoms with Crippen molar-refractivity contribution in [3.05, 3.63) is 115 Å². The van der Waals surface area contributed by atoms with Gasteiger partial charge in [0, 0.05) is 24.4 Å². The van der Waals surface area contributed by atoms with Crippen LogP contribution in [0.1, 0.15) is 42.4 Å². The number of nitrogens with zero attached hydrogens (tertiary/aromatic N) is 1. The molecule has 0 unspecified atom stereocenters. The lowest BCUT2D eigenvalue weighted by atomic mass is 10.2. The number of aryl methyl sites for hydroxylation is 1. The van der Waals surface area contributed by atoms with Gasteiger partial charge in [-0.2, -0.15) is 0 Å². The van der Waals surface area contributed by atoms with Gasteiger partial charge in [-0.15, -0.1) is 0 Å². The molecule has 3 rings (SSSR count). The van der Waals surface area contributed by atoms with Crippen LogP contribution in [0.25, 0.3) is 6.08 Å². The van der Waals surface area contributed by atoms with Crippen LogP contribution < -0.4 is 14.2 Å². The minimum Gasteiger partial charge on any atom is -0.494 e. The molecule has 0 saturated heterocycles. The summed E-state index contributed by atoms with van der Waals surface area (Å²) >= 11 is 0. The molecule has 0 atom stereocenters. The molecule has 0 heterocycles. The second-order valence-electron chi connectivity index (χ2n) is 9.95. The third-order valence-electron chi connectivity index (χ3n) is 6.34. The number of rotatable bonds is 19. The summed E-state index contributed by atoms with van der Waals surface area (Å²) in [4.78, 5) is 39.0. The first-order valence-corrected chi connectivity index (χ1v) is 14.9. The SMILES string of the molecule is C=CC(=O)OCCCCOc1ccc(/C=C/C(=O)Oc2ccc(/N=C/c3ccc(OCCCCOC(=O)C=C)cc3)cc2C)cc1. The van der Waals surface area contributed by atoms with Crippen LogP contribution in [0.3, 0.4) is 0 Å². The average Bonchev–Trinajstić information content (AvgIpc) is 3.07. The minimum absolute atomic E-state index is 0.334. The van der Waals surface area contributed by atoms with Gasteiger partial charge in [0.05, 0.1) is 32.1 Å². The predicted molar refractivity (Wildman–Crippen MR) is 178 cm³/mol. The Bertz CT molecular complexity index is 1510. The molecule has 0 radical (unpaired) electrons. The molecule has 0 spiro atoms. The molecule has 0 bridgehead atoms. The predicted octanol–water partition coefficient (Wildman–Crippen LogP) is 7.14. The highest BCUT2D eigenvalue weighted by Crippen LogP contribution is 2.24. The molecule has 0 fully saturated rings. The van der Waals surface area contributed by atoms with Crippen LogP contribution in [0.4, 0.5) is 5.69 Å². The van der Waals surface area contributed by atoms with E-state index in [1.165, 1.54) is 6.08 Å². The summed E-state index contributed by atoms with van der Waals surface area (Å²) in [7, 11) is 0. The van der Waals surface area contributed by atoms with Gasteiger partial charge in [0.2, 0.25) is 0 Å². The van der Waals surface area contributed by atoms with Crippen molar-refractivity contribution < 1.29 is 38.1 Å². The molecule has 9 nitrogen and oxygen atoms in total. The Morgan fingerprint density at radius 1 is 0.674 bits per heavy atom. The fourth-order valence-electron chi connectivity index (χ4n) is 3.86. The number of hydrogen-bond acceptors (Lipinski definition) is 9. The van der Waals surface area contributed by atoms with Gasteiger partial charge in [-0.25, -0.2) is 14.4 Å². The molecule has 3 aromatic carbocycles. The standard InChI is InChI=1S/C37H39NO8/c1-4-35(39)44-24-8-6-22-42-32-16-10-29(11-17-32)14-21-37(41)46-34-20-15-31(26-28(34)3)38-27-30-12-18-33(19-13-30)43-23-7-9-25-45-36(40)5-2/h4-5,10-21,26-27H,1-2,6-9,22-25H2,3H3/b21-14+,38-27+. The quantitative estimate of drug-likeness (QED) is 0.0455. The molecular formula is C37H39NO8. The van der Waals surface area contributed by atoms with E-state index in [1.807, 2.05) is 61.5 Å². The molecule has 0 N–H and O–H groups in total. The van der Waals surface area contributed by atoms with Gasteiger partial charge in [-0.1, -0.05) is 25.3 Å². The van der Waals surface area contributed by atoms with Crippen molar-refractivity contribution in [1.29, 1.82) is 0 Å². The van der Waals surface area contributed by atoms with Gasteiger partial charge < -0.3 is 23.7 Å². The second-order valence-corrected chi connectivity index (χ2v) is 9.95. The topological polar surface area (TPSA) is 110 Å². The van der Waals surface area contributed by atoms with E-state index in [0.29, 0.717) is 50.8 Å². The Morgan fingerprint density at radius 2 is 1.20 bits per heavy atom. The molecule has 3 aromatic rings. The van der Waals surface area contributed by atoms with E-state index in [2.05, 4.69) is 18.2 Å². The van der Waals surface area contributed by atoms with Crippen LogP contribution >= 0.6 is 0 Å². The highest BCUT2D eigenvalue weighted by Gasteiger charge is 2.06. The van der Waals surface area contributed by atoms with Crippen molar-refractivity contribution in [3.63, 3.8) is 0 Å². The number of carbonyl (C=O) groups excluding carboxylic acids is 3. The molecule has 0 aliphatic rings. The van der Waals surface area contributed by atoms with Gasteiger partial charge in [0.25, 0.3) is 0 Å². The second kappa shape index (κ2) is 19.8. The largest absolute Gasteiger partial charge is 0.494 e. The van der Waals surface area contributed by atoms with Gasteiger partial charge >= 0.3 is 17.9 Å². The molecule has 0 aliphatic carbocycles. The zero-order chi connectivity index (χ0) is 33.0. The third-order valence-corrected chi connectivity index (χ3v) is 6.34. The molecular weight excluding hydrogens is 586 g/mol. The fourth-order valence-corrected chi connectivity index (χ4v) is 3.86. The van der Waals surface area contributed by atoms with Crippen molar-refractivity contribution in [2.45, 2.75) is 32.6 Å². The summed E-state index contributed by atoms with van der Waals surface area (Å²) in [6.45, 7) is 10.3. The average molecular weight is 626 g/mol. The highest BCUT2D eigenvalue weighted by atomic mass is 16.5. The van der Waals surface area contributed by atoms with Crippen molar-refractivity contribution >= 4 is 35.9 Å². The van der Waals surface area contributed by atoms with E-state index >= 15 is 0 Å². The summed E-state index contributed by atoms with van der Waals surface area (Å²) in [6.07, 6.45) is 10.0. The van der Waals surface area contributed by atoms with E-state index in [0.717, 1.165) is 53.1 Å². The Morgan fingerprint density at radius 3 is 1.72 bits per heavy atom. The normalized spacial score (nSPS) is 10.8. The first-order chi connectivity index (χ1) is 22.4. The van der Waals surface area contributed by atoms with E-state index < -0.39 is 17.9 Å². The molecule has 0 aliphatic heterocycles. The number of aliphatic imine (C=N–C) groups is 1. The van der Waals surface area contributed by atoms with Crippen molar-refractivity contribution in [2.24, 2.45) is 4.99 Å². The molecule has 46 heavy (non-hydrogen) atoms. The Hall–Kier alpha value is -5.44. The van der Waals surface area contributed by atoms with Gasteiger partial charge in [-0.3, -0.25) is 4.99 Å². The number of hydrogen-bond donors (Lipinski definition) is 0. The molecule has 240 valence electrons. The summed E-state index contributed by atoms with van der Waals surface area (Å²) in [5.74, 6) is 0.578. The Kier molecular flexibility index (Phi) is 15.1. The number of benzene rings is 3. The molecule has 0 aromatic heterocycles. The number of ether oxygens (including phenoxy) is 5. The van der Waals surface area contributed by atoms with Gasteiger partial charge in [-0.05, 0) is 110 Å². The maximum absolute atomic E-state index is 12.4. The minimum atomic E-state index is -0.490. The van der Waals surface area contributed by atoms with Gasteiger partial charge in [0.15, 0.2) is 0 Å².